The van der Waals surface area contributed by atoms with Crippen molar-refractivity contribution >= 4 is 6.21 Å². The summed E-state index contributed by atoms with van der Waals surface area (Å²) >= 11 is 0. The molecule has 0 radical (unpaired) electrons. The molecule has 1 atom stereocenters. The van der Waals surface area contributed by atoms with Gasteiger partial charge in [-0.2, -0.15) is 0 Å². The summed E-state index contributed by atoms with van der Waals surface area (Å²) in [6.45, 7) is 9.90. The van der Waals surface area contributed by atoms with Gasteiger partial charge in [-0.3, -0.25) is 0 Å². The lowest BCUT2D eigenvalue weighted by atomic mass is 9.99. The van der Waals surface area contributed by atoms with Crippen molar-refractivity contribution in [1.29, 1.82) is 0 Å². The van der Waals surface area contributed by atoms with Crippen molar-refractivity contribution in [3.63, 3.8) is 0 Å². The molecule has 80 valence electrons. The first-order chi connectivity index (χ1) is 6.56. The monoisotopic (exact) mass is 194 g/mol. The van der Waals surface area contributed by atoms with Crippen LogP contribution >= 0.6 is 0 Å². The first-order valence-corrected chi connectivity index (χ1v) is 5.58. The molecule has 1 nitrogen and oxygen atoms in total. The van der Waals surface area contributed by atoms with Crippen LogP contribution in [0.3, 0.4) is 0 Å². The van der Waals surface area contributed by atoms with Crippen LogP contribution < -0.4 is 0 Å². The Morgan fingerprint density at radius 2 is 1.93 bits per heavy atom. The lowest BCUT2D eigenvalue weighted by molar-refractivity contribution is -0.489. The van der Waals surface area contributed by atoms with Crippen LogP contribution in [0.5, 0.6) is 0 Å². The van der Waals surface area contributed by atoms with Crippen molar-refractivity contribution < 1.29 is 4.58 Å². The van der Waals surface area contributed by atoms with Gasteiger partial charge in [-0.05, 0) is 19.3 Å². The van der Waals surface area contributed by atoms with Crippen LogP contribution in [0.4, 0.5) is 0 Å². The molecule has 0 aromatic heterocycles. The first kappa shape index (κ1) is 13.2. The minimum absolute atomic E-state index is 0.537. The molecule has 0 spiro atoms. The van der Waals surface area contributed by atoms with E-state index >= 15 is 0 Å². The molecule has 0 amide bonds. The third kappa shape index (κ3) is 7.86. The molecular formula is C13H24N+. The number of rotatable bonds is 4. The molecule has 0 aliphatic heterocycles. The normalized spacial score (nSPS) is 13.7. The van der Waals surface area contributed by atoms with Crippen LogP contribution in [0.1, 0.15) is 40.5 Å². The Labute approximate surface area is 89.2 Å². The van der Waals surface area contributed by atoms with E-state index in [4.69, 9.17) is 0 Å². The van der Waals surface area contributed by atoms with E-state index in [-0.39, 0.29) is 0 Å². The van der Waals surface area contributed by atoms with E-state index < -0.39 is 0 Å². The summed E-state index contributed by atoms with van der Waals surface area (Å²) < 4.78 is 2.17. The highest BCUT2D eigenvalue weighted by Crippen LogP contribution is 2.08. The molecule has 0 saturated carbocycles. The van der Waals surface area contributed by atoms with E-state index in [1.807, 2.05) is 0 Å². The Kier molecular flexibility index (Phi) is 7.20. The van der Waals surface area contributed by atoms with E-state index in [0.717, 1.165) is 18.9 Å². The Bertz CT molecular complexity index is 227. The van der Waals surface area contributed by atoms with Crippen molar-refractivity contribution in [2.75, 3.05) is 13.6 Å². The van der Waals surface area contributed by atoms with Crippen molar-refractivity contribution in [2.24, 2.45) is 11.8 Å². The molecule has 0 aliphatic rings. The Hall–Kier alpha value is -0.770. The standard InChI is InChI=1S/C13H24N/c1-6-14(5)10-8-7-9-13(4)11-12(2)3/h10,12-13H,6,8,11H2,1-5H3/q+1. The highest BCUT2D eigenvalue weighted by atomic mass is 14.9. The molecule has 1 heteroatoms. The fourth-order valence-electron chi connectivity index (χ4n) is 1.33. The van der Waals surface area contributed by atoms with E-state index in [2.05, 4.69) is 57.4 Å². The van der Waals surface area contributed by atoms with Gasteiger partial charge >= 0.3 is 0 Å². The van der Waals surface area contributed by atoms with Crippen molar-refractivity contribution in [1.82, 2.24) is 0 Å². The molecule has 0 aromatic rings. The molecule has 0 aliphatic carbocycles. The van der Waals surface area contributed by atoms with Gasteiger partial charge in [-0.15, -0.1) is 0 Å². The second-order valence-corrected chi connectivity index (χ2v) is 4.31. The van der Waals surface area contributed by atoms with E-state index in [1.54, 1.807) is 0 Å². The largest absolute Gasteiger partial charge is 0.242 e. The SMILES string of the molecule is CC[N+](C)=CCC#CC(C)CC(C)C. The maximum atomic E-state index is 3.29. The summed E-state index contributed by atoms with van der Waals surface area (Å²) in [5.41, 5.74) is 0. The lowest BCUT2D eigenvalue weighted by Crippen LogP contribution is -2.04. The van der Waals surface area contributed by atoms with Crippen LogP contribution in [0.25, 0.3) is 0 Å². The lowest BCUT2D eigenvalue weighted by Gasteiger charge is -2.05. The number of hydrogen-bond acceptors (Lipinski definition) is 0. The van der Waals surface area contributed by atoms with Crippen molar-refractivity contribution in [3.8, 4) is 11.8 Å². The molecule has 0 heterocycles. The highest BCUT2D eigenvalue weighted by Gasteiger charge is 1.99. The maximum Gasteiger partial charge on any atom is 0.151 e. The summed E-state index contributed by atoms with van der Waals surface area (Å²) in [5, 5.41) is 0. The van der Waals surface area contributed by atoms with Gasteiger partial charge in [0, 0.05) is 5.92 Å². The van der Waals surface area contributed by atoms with Gasteiger partial charge in [0.25, 0.3) is 0 Å². The van der Waals surface area contributed by atoms with E-state index in [9.17, 15) is 0 Å². The zero-order valence-corrected chi connectivity index (χ0v) is 10.3. The van der Waals surface area contributed by atoms with Crippen molar-refractivity contribution in [2.45, 2.75) is 40.5 Å². The van der Waals surface area contributed by atoms with Crippen LogP contribution in [0, 0.1) is 23.7 Å². The average molecular weight is 194 g/mol. The fraction of sp³-hybridized carbons (Fsp3) is 0.769. The first-order valence-electron chi connectivity index (χ1n) is 5.58. The Balaban J connectivity index is 3.82. The van der Waals surface area contributed by atoms with E-state index in [1.165, 1.54) is 6.42 Å². The zero-order chi connectivity index (χ0) is 11.0. The smallest absolute Gasteiger partial charge is 0.151 e. The second kappa shape index (κ2) is 7.62. The summed E-state index contributed by atoms with van der Waals surface area (Å²) in [5.74, 6) is 7.78. The number of hydrogen-bond donors (Lipinski definition) is 0. The van der Waals surface area contributed by atoms with Gasteiger partial charge in [0.15, 0.2) is 6.21 Å². The molecule has 1 unspecified atom stereocenters. The van der Waals surface area contributed by atoms with Crippen LogP contribution in [-0.4, -0.2) is 24.4 Å². The maximum absolute atomic E-state index is 3.29. The van der Waals surface area contributed by atoms with Crippen molar-refractivity contribution in [3.05, 3.63) is 0 Å². The summed E-state index contributed by atoms with van der Waals surface area (Å²) in [6.07, 6.45) is 4.23. The molecule has 0 bridgehead atoms. The highest BCUT2D eigenvalue weighted by molar-refractivity contribution is 5.55. The van der Waals surface area contributed by atoms with Gasteiger partial charge in [0.05, 0.1) is 6.42 Å². The van der Waals surface area contributed by atoms with Gasteiger partial charge in [-0.1, -0.05) is 32.6 Å². The summed E-state index contributed by atoms with van der Waals surface area (Å²) in [7, 11) is 2.08. The van der Waals surface area contributed by atoms with Gasteiger partial charge in [0.1, 0.15) is 13.6 Å². The summed E-state index contributed by atoms with van der Waals surface area (Å²) in [4.78, 5) is 0. The predicted molar refractivity (Wildman–Crippen MR) is 63.8 cm³/mol. The van der Waals surface area contributed by atoms with Gasteiger partial charge < -0.3 is 0 Å². The molecule has 14 heavy (non-hydrogen) atoms. The second-order valence-electron chi connectivity index (χ2n) is 4.31. The van der Waals surface area contributed by atoms with Crippen LogP contribution in [0.2, 0.25) is 0 Å². The molecular weight excluding hydrogens is 170 g/mol. The summed E-state index contributed by atoms with van der Waals surface area (Å²) in [6, 6.07) is 0. The molecule has 0 rings (SSSR count). The molecule has 0 aromatic carbocycles. The minimum atomic E-state index is 0.537. The molecule has 0 saturated heterocycles. The third-order valence-corrected chi connectivity index (χ3v) is 2.18. The van der Waals surface area contributed by atoms with Crippen LogP contribution in [-0.2, 0) is 0 Å². The quantitative estimate of drug-likeness (QED) is 0.368. The van der Waals surface area contributed by atoms with Crippen LogP contribution in [0.15, 0.2) is 0 Å². The Morgan fingerprint density at radius 3 is 2.43 bits per heavy atom. The van der Waals surface area contributed by atoms with Gasteiger partial charge in [0.2, 0.25) is 0 Å². The minimum Gasteiger partial charge on any atom is -0.242 e. The van der Waals surface area contributed by atoms with Gasteiger partial charge in [-0.25, -0.2) is 4.58 Å². The zero-order valence-electron chi connectivity index (χ0n) is 10.3. The topological polar surface area (TPSA) is 3.01 Å². The fourth-order valence-corrected chi connectivity index (χ4v) is 1.33. The third-order valence-electron chi connectivity index (χ3n) is 2.18. The molecule has 0 fully saturated rings. The predicted octanol–water partition coefficient (Wildman–Crippen LogP) is 2.80. The van der Waals surface area contributed by atoms with E-state index in [0.29, 0.717) is 5.92 Å². The molecule has 0 N–H and O–H groups in total. The Morgan fingerprint density at radius 1 is 1.29 bits per heavy atom. The number of nitrogens with zero attached hydrogens (tertiary/aromatic N) is 1. The average Bonchev–Trinajstić information content (AvgIpc) is 2.10.